The third-order valence-corrected chi connectivity index (χ3v) is 5.58. The van der Waals surface area contributed by atoms with Crippen molar-refractivity contribution >= 4 is 23.8 Å². The summed E-state index contributed by atoms with van der Waals surface area (Å²) in [6, 6.07) is 13.1. The standard InChI is InChI=1S/C25H24F3N5O3/c26-25(27,28)15-31-24(36)32-20-6-2-4-18(12-20)21-14-30-22-13-17(7-9-33(21)22)16-3-1-5-19(11-16)23(35)29-8-10-34/h1-7,9,11-12,14,17,34H,8,10,13,15H2,(H,29,35)(H2,31,32,36). The fourth-order valence-corrected chi connectivity index (χ4v) is 3.91. The number of halogens is 3. The van der Waals surface area contributed by atoms with Gasteiger partial charge in [0.15, 0.2) is 0 Å². The van der Waals surface area contributed by atoms with Crippen molar-refractivity contribution in [2.45, 2.75) is 18.5 Å². The van der Waals surface area contributed by atoms with Crippen molar-refractivity contribution in [3.8, 4) is 11.3 Å². The summed E-state index contributed by atoms with van der Waals surface area (Å²) in [7, 11) is 0. The van der Waals surface area contributed by atoms with Gasteiger partial charge in [0, 0.05) is 41.9 Å². The van der Waals surface area contributed by atoms with Crippen LogP contribution in [0.15, 0.2) is 60.8 Å². The highest BCUT2D eigenvalue weighted by Crippen LogP contribution is 2.31. The minimum Gasteiger partial charge on any atom is -0.395 e. The second-order valence-corrected chi connectivity index (χ2v) is 8.19. The topological polar surface area (TPSA) is 108 Å². The van der Waals surface area contributed by atoms with Gasteiger partial charge < -0.3 is 25.6 Å². The number of amides is 3. The molecule has 0 aliphatic carbocycles. The van der Waals surface area contributed by atoms with E-state index < -0.39 is 18.8 Å². The molecule has 2 heterocycles. The number of fused-ring (bicyclic) bond motifs is 1. The minimum atomic E-state index is -4.49. The monoisotopic (exact) mass is 499 g/mol. The number of urea groups is 1. The predicted molar refractivity (Wildman–Crippen MR) is 128 cm³/mol. The van der Waals surface area contributed by atoms with Gasteiger partial charge in [0.2, 0.25) is 0 Å². The van der Waals surface area contributed by atoms with Crippen LogP contribution in [0.5, 0.6) is 0 Å². The Kier molecular flexibility index (Phi) is 7.39. The first-order chi connectivity index (χ1) is 17.2. The number of anilines is 1. The van der Waals surface area contributed by atoms with Crippen LogP contribution in [0.1, 0.15) is 27.7 Å². The molecule has 0 fully saturated rings. The van der Waals surface area contributed by atoms with Gasteiger partial charge in [-0.15, -0.1) is 0 Å². The normalized spacial score (nSPS) is 14.7. The number of benzene rings is 2. The van der Waals surface area contributed by atoms with E-state index in [4.69, 9.17) is 5.11 Å². The SMILES string of the molecule is O=C(NCC(F)(F)F)Nc1cccc(-c2cnc3n2C=CC(c2cccc(C(=O)NCCO)c2)C3)c1. The van der Waals surface area contributed by atoms with Crippen LogP contribution in [0.2, 0.25) is 0 Å². The Morgan fingerprint density at radius 2 is 1.92 bits per heavy atom. The number of aliphatic hydroxyl groups is 1. The Morgan fingerprint density at radius 3 is 2.69 bits per heavy atom. The van der Waals surface area contributed by atoms with Gasteiger partial charge in [-0.25, -0.2) is 9.78 Å². The Bertz CT molecular complexity index is 1290. The molecule has 1 unspecified atom stereocenters. The first kappa shape index (κ1) is 25.0. The van der Waals surface area contributed by atoms with Gasteiger partial charge in [0.1, 0.15) is 12.4 Å². The summed E-state index contributed by atoms with van der Waals surface area (Å²) in [6.45, 7) is -1.37. The summed E-state index contributed by atoms with van der Waals surface area (Å²) >= 11 is 0. The second kappa shape index (κ2) is 10.6. The number of allylic oxidation sites excluding steroid dienone is 1. The van der Waals surface area contributed by atoms with E-state index in [0.29, 0.717) is 17.7 Å². The molecular weight excluding hydrogens is 475 g/mol. The van der Waals surface area contributed by atoms with Gasteiger partial charge in [-0.3, -0.25) is 4.79 Å². The summed E-state index contributed by atoms with van der Waals surface area (Å²) in [5, 5.41) is 15.7. The lowest BCUT2D eigenvalue weighted by Crippen LogP contribution is -2.36. The average molecular weight is 499 g/mol. The van der Waals surface area contributed by atoms with E-state index in [0.717, 1.165) is 22.6 Å². The number of rotatable bonds is 7. The molecule has 0 spiro atoms. The molecule has 1 aromatic heterocycles. The molecule has 0 saturated heterocycles. The molecule has 0 radical (unpaired) electrons. The molecule has 11 heteroatoms. The fraction of sp³-hybridized carbons (Fsp3) is 0.240. The van der Waals surface area contributed by atoms with E-state index in [-0.39, 0.29) is 25.0 Å². The molecule has 188 valence electrons. The van der Waals surface area contributed by atoms with E-state index in [9.17, 15) is 22.8 Å². The second-order valence-electron chi connectivity index (χ2n) is 8.19. The minimum absolute atomic E-state index is 0.00340. The number of carbonyl (C=O) groups is 2. The molecule has 3 amide bonds. The summed E-state index contributed by atoms with van der Waals surface area (Å²) in [5.74, 6) is 0.549. The maximum atomic E-state index is 12.3. The molecule has 0 bridgehead atoms. The van der Waals surface area contributed by atoms with E-state index >= 15 is 0 Å². The van der Waals surface area contributed by atoms with Gasteiger partial charge in [0.25, 0.3) is 5.91 Å². The van der Waals surface area contributed by atoms with Gasteiger partial charge in [-0.1, -0.05) is 30.3 Å². The van der Waals surface area contributed by atoms with Gasteiger partial charge in [-0.05, 0) is 29.8 Å². The molecule has 2 aromatic carbocycles. The molecule has 3 aromatic rings. The fourth-order valence-electron chi connectivity index (χ4n) is 3.91. The summed E-state index contributed by atoms with van der Waals surface area (Å²) < 4.78 is 38.9. The number of alkyl halides is 3. The smallest absolute Gasteiger partial charge is 0.395 e. The number of hydrogen-bond donors (Lipinski definition) is 4. The van der Waals surface area contributed by atoms with Crippen molar-refractivity contribution in [1.29, 1.82) is 0 Å². The van der Waals surface area contributed by atoms with Crippen molar-refractivity contribution < 1.29 is 27.9 Å². The number of aromatic nitrogens is 2. The quantitative estimate of drug-likeness (QED) is 0.397. The number of aliphatic hydroxyl groups excluding tert-OH is 1. The lowest BCUT2D eigenvalue weighted by molar-refractivity contribution is -0.122. The van der Waals surface area contributed by atoms with Crippen molar-refractivity contribution in [2.75, 3.05) is 25.0 Å². The molecular formula is C25H24F3N5O3. The number of nitrogens with zero attached hydrogens (tertiary/aromatic N) is 2. The van der Waals surface area contributed by atoms with Crippen LogP contribution in [0.3, 0.4) is 0 Å². The van der Waals surface area contributed by atoms with Crippen LogP contribution in [0.4, 0.5) is 23.7 Å². The average Bonchev–Trinajstić information content (AvgIpc) is 3.29. The largest absolute Gasteiger partial charge is 0.405 e. The maximum Gasteiger partial charge on any atom is 0.405 e. The summed E-state index contributed by atoms with van der Waals surface area (Å²) in [5.41, 5.74) is 3.29. The highest BCUT2D eigenvalue weighted by molar-refractivity contribution is 5.94. The van der Waals surface area contributed by atoms with Crippen LogP contribution < -0.4 is 16.0 Å². The molecule has 0 saturated carbocycles. The lowest BCUT2D eigenvalue weighted by Gasteiger charge is -2.20. The van der Waals surface area contributed by atoms with Gasteiger partial charge in [0.05, 0.1) is 18.5 Å². The summed E-state index contributed by atoms with van der Waals surface area (Å²) in [6.07, 6.45) is 1.70. The van der Waals surface area contributed by atoms with E-state index in [1.54, 1.807) is 35.8 Å². The van der Waals surface area contributed by atoms with E-state index in [1.165, 1.54) is 0 Å². The highest BCUT2D eigenvalue weighted by atomic mass is 19.4. The lowest BCUT2D eigenvalue weighted by atomic mass is 9.92. The Hall–Kier alpha value is -4.12. The van der Waals surface area contributed by atoms with Crippen LogP contribution in [-0.2, 0) is 6.42 Å². The molecule has 8 nitrogen and oxygen atoms in total. The third-order valence-electron chi connectivity index (χ3n) is 5.58. The van der Waals surface area contributed by atoms with Crippen LogP contribution in [-0.4, -0.2) is 52.5 Å². The zero-order chi connectivity index (χ0) is 25.7. The zero-order valence-corrected chi connectivity index (χ0v) is 19.0. The van der Waals surface area contributed by atoms with Crippen molar-refractivity contribution in [2.24, 2.45) is 0 Å². The van der Waals surface area contributed by atoms with Gasteiger partial charge >= 0.3 is 12.2 Å². The Morgan fingerprint density at radius 1 is 1.11 bits per heavy atom. The van der Waals surface area contributed by atoms with Crippen LogP contribution in [0, 0.1) is 0 Å². The molecule has 1 atom stereocenters. The molecule has 1 aliphatic heterocycles. The van der Waals surface area contributed by atoms with Crippen molar-refractivity contribution in [3.63, 3.8) is 0 Å². The van der Waals surface area contributed by atoms with Crippen LogP contribution >= 0.6 is 0 Å². The predicted octanol–water partition coefficient (Wildman–Crippen LogP) is 3.77. The maximum absolute atomic E-state index is 12.3. The van der Waals surface area contributed by atoms with E-state index in [2.05, 4.69) is 15.6 Å². The van der Waals surface area contributed by atoms with Crippen molar-refractivity contribution in [1.82, 2.24) is 20.2 Å². The molecule has 1 aliphatic rings. The zero-order valence-electron chi connectivity index (χ0n) is 19.0. The molecule has 4 rings (SSSR count). The Balaban J connectivity index is 1.48. The Labute approximate surface area is 204 Å². The number of nitrogens with one attached hydrogen (secondary N) is 3. The highest BCUT2D eigenvalue weighted by Gasteiger charge is 2.27. The summed E-state index contributed by atoms with van der Waals surface area (Å²) in [4.78, 5) is 28.6. The number of hydrogen-bond acceptors (Lipinski definition) is 4. The van der Waals surface area contributed by atoms with Crippen molar-refractivity contribution in [3.05, 3.63) is 77.8 Å². The number of carbonyl (C=O) groups excluding carboxylic acids is 2. The molecule has 36 heavy (non-hydrogen) atoms. The third kappa shape index (κ3) is 6.11. The number of imidazole rings is 1. The first-order valence-corrected chi connectivity index (χ1v) is 11.2. The first-order valence-electron chi connectivity index (χ1n) is 11.2. The van der Waals surface area contributed by atoms with E-state index in [1.807, 2.05) is 41.1 Å². The van der Waals surface area contributed by atoms with Gasteiger partial charge in [-0.2, -0.15) is 13.2 Å². The van der Waals surface area contributed by atoms with Crippen LogP contribution in [0.25, 0.3) is 17.5 Å². The molecule has 4 N–H and O–H groups in total.